The fourth-order valence-corrected chi connectivity index (χ4v) is 1.91. The van der Waals surface area contributed by atoms with E-state index in [1.54, 1.807) is 0 Å². The van der Waals surface area contributed by atoms with Gasteiger partial charge in [0, 0.05) is 11.8 Å². The molecule has 6 heteroatoms. The second-order valence-electron chi connectivity index (χ2n) is 3.73. The van der Waals surface area contributed by atoms with Crippen LogP contribution in [0.25, 0.3) is 0 Å². The normalized spacial score (nSPS) is 25.8. The first kappa shape index (κ1) is 11.3. The molecule has 1 N–H and O–H groups in total. The zero-order chi connectivity index (χ0) is 11.9. The van der Waals surface area contributed by atoms with Crippen molar-refractivity contribution in [3.63, 3.8) is 0 Å². The second kappa shape index (κ2) is 3.68. The molecule has 0 amide bonds. The Kier molecular flexibility index (Phi) is 2.59. The van der Waals surface area contributed by atoms with Crippen molar-refractivity contribution >= 4 is 0 Å². The lowest BCUT2D eigenvalue weighted by Gasteiger charge is -2.13. The van der Waals surface area contributed by atoms with Crippen LogP contribution in [0.2, 0.25) is 0 Å². The van der Waals surface area contributed by atoms with Crippen molar-refractivity contribution in [1.82, 2.24) is 10.2 Å². The molecule has 2 heterocycles. The van der Waals surface area contributed by atoms with E-state index in [1.165, 1.54) is 0 Å². The number of aromatic nitrogens is 2. The number of ether oxygens (including phenoxy) is 1. The highest BCUT2D eigenvalue weighted by molar-refractivity contribution is 5.41. The molecule has 3 nitrogen and oxygen atoms in total. The average molecular weight is 234 g/mol. The molecule has 90 valence electrons. The van der Waals surface area contributed by atoms with Gasteiger partial charge in [-0.25, -0.2) is 0 Å². The van der Waals surface area contributed by atoms with E-state index in [1.807, 2.05) is 13.8 Å². The predicted octanol–water partition coefficient (Wildman–Crippen LogP) is 2.95. The molecule has 1 aromatic rings. The predicted molar refractivity (Wildman–Crippen MR) is 51.3 cm³/mol. The summed E-state index contributed by atoms with van der Waals surface area (Å²) in [5.41, 5.74) is -0.397. The summed E-state index contributed by atoms with van der Waals surface area (Å²) in [7, 11) is 0. The molecule has 1 aromatic heterocycles. The third kappa shape index (κ3) is 1.66. The van der Waals surface area contributed by atoms with Gasteiger partial charge in [-0.2, -0.15) is 18.3 Å². The van der Waals surface area contributed by atoms with Crippen LogP contribution in [-0.2, 0) is 6.18 Å². The van der Waals surface area contributed by atoms with Crippen molar-refractivity contribution in [2.75, 3.05) is 6.61 Å². The number of fused-ring (bicyclic) bond motifs is 3. The number of halogens is 3. The summed E-state index contributed by atoms with van der Waals surface area (Å²) < 4.78 is 42.2. The van der Waals surface area contributed by atoms with E-state index in [9.17, 15) is 13.2 Å². The van der Waals surface area contributed by atoms with Gasteiger partial charge in [-0.05, 0) is 6.42 Å². The Hall–Kier alpha value is -1.20. The number of nitrogens with one attached hydrogen (secondary N) is 1. The molecule has 2 atom stereocenters. The molecule has 1 aliphatic heterocycles. The van der Waals surface area contributed by atoms with Gasteiger partial charge in [-0.3, -0.25) is 5.10 Å². The number of H-pyrrole nitrogens is 1. The van der Waals surface area contributed by atoms with Gasteiger partial charge in [-0.1, -0.05) is 13.8 Å². The number of hydrogen-bond acceptors (Lipinski definition) is 2. The standard InChI is InChI=1S/C8H7F3N2O.C2H6/c9-8(10,11)7-6-5(12-13-7)4-1-3(4)2-14-6;1-2/h3-4H,1-2H2,(H,12,13);1-2H3. The van der Waals surface area contributed by atoms with E-state index >= 15 is 0 Å². The van der Waals surface area contributed by atoms with Crippen molar-refractivity contribution < 1.29 is 17.9 Å². The van der Waals surface area contributed by atoms with Gasteiger partial charge in [0.25, 0.3) is 0 Å². The first-order valence-corrected chi connectivity index (χ1v) is 5.35. The van der Waals surface area contributed by atoms with Crippen LogP contribution in [0.5, 0.6) is 5.75 Å². The highest BCUT2D eigenvalue weighted by atomic mass is 19.4. The second-order valence-corrected chi connectivity index (χ2v) is 3.73. The molecule has 0 spiro atoms. The summed E-state index contributed by atoms with van der Waals surface area (Å²) in [6.07, 6.45) is -3.52. The first-order chi connectivity index (χ1) is 7.57. The number of alkyl halides is 3. The highest BCUT2D eigenvalue weighted by Gasteiger charge is 2.49. The van der Waals surface area contributed by atoms with Crippen molar-refractivity contribution in [2.24, 2.45) is 5.92 Å². The Morgan fingerprint density at radius 1 is 1.38 bits per heavy atom. The summed E-state index contributed by atoms with van der Waals surface area (Å²) in [5.74, 6) is 0.516. The number of rotatable bonds is 0. The van der Waals surface area contributed by atoms with Crippen molar-refractivity contribution in [3.05, 3.63) is 11.4 Å². The first-order valence-electron chi connectivity index (χ1n) is 5.35. The molecule has 2 aliphatic rings. The minimum Gasteiger partial charge on any atom is -0.489 e. The number of aromatic amines is 1. The van der Waals surface area contributed by atoms with E-state index in [-0.39, 0.29) is 11.7 Å². The van der Waals surface area contributed by atoms with Gasteiger partial charge in [0.1, 0.15) is 0 Å². The van der Waals surface area contributed by atoms with Crippen LogP contribution < -0.4 is 4.74 Å². The van der Waals surface area contributed by atoms with Gasteiger partial charge in [0.15, 0.2) is 5.75 Å². The summed E-state index contributed by atoms with van der Waals surface area (Å²) >= 11 is 0. The smallest absolute Gasteiger partial charge is 0.438 e. The van der Waals surface area contributed by atoms with E-state index in [0.717, 1.165) is 6.42 Å². The zero-order valence-electron chi connectivity index (χ0n) is 9.06. The van der Waals surface area contributed by atoms with E-state index in [4.69, 9.17) is 4.74 Å². The molecule has 1 saturated carbocycles. The molecule has 1 aliphatic carbocycles. The summed E-state index contributed by atoms with van der Waals surface area (Å²) in [4.78, 5) is 0. The molecular weight excluding hydrogens is 221 g/mol. The lowest BCUT2D eigenvalue weighted by atomic mass is 10.1. The van der Waals surface area contributed by atoms with Crippen LogP contribution in [0.1, 0.15) is 37.6 Å². The maximum Gasteiger partial charge on any atom is 0.438 e. The fourth-order valence-electron chi connectivity index (χ4n) is 1.91. The van der Waals surface area contributed by atoms with Crippen molar-refractivity contribution in [3.8, 4) is 5.75 Å². The van der Waals surface area contributed by atoms with Gasteiger partial charge in [0.2, 0.25) is 5.69 Å². The molecular formula is C10H13F3N2O. The Morgan fingerprint density at radius 3 is 2.69 bits per heavy atom. The van der Waals surface area contributed by atoms with Crippen LogP contribution in [0, 0.1) is 5.92 Å². The Bertz CT molecular complexity index is 386. The summed E-state index contributed by atoms with van der Waals surface area (Å²) in [5, 5.41) is 5.70. The Morgan fingerprint density at radius 2 is 2.06 bits per heavy atom. The Balaban J connectivity index is 0.000000457. The fraction of sp³-hybridized carbons (Fsp3) is 0.700. The summed E-state index contributed by atoms with van der Waals surface area (Å²) in [6, 6.07) is 0. The van der Waals surface area contributed by atoms with Gasteiger partial charge < -0.3 is 4.74 Å². The topological polar surface area (TPSA) is 37.9 Å². The minimum atomic E-state index is -4.42. The maximum atomic E-state index is 12.4. The van der Waals surface area contributed by atoms with Crippen LogP contribution in [0.4, 0.5) is 13.2 Å². The average Bonchev–Trinajstić information content (AvgIpc) is 2.90. The molecule has 3 rings (SSSR count). The molecule has 0 bridgehead atoms. The largest absolute Gasteiger partial charge is 0.489 e. The Labute approximate surface area is 91.0 Å². The quantitative estimate of drug-likeness (QED) is 0.749. The van der Waals surface area contributed by atoms with Crippen molar-refractivity contribution in [1.29, 1.82) is 0 Å². The van der Waals surface area contributed by atoms with E-state index in [0.29, 0.717) is 18.2 Å². The molecule has 0 aromatic carbocycles. The van der Waals surface area contributed by atoms with Crippen LogP contribution >= 0.6 is 0 Å². The van der Waals surface area contributed by atoms with Gasteiger partial charge >= 0.3 is 6.18 Å². The molecule has 2 unspecified atom stereocenters. The third-order valence-corrected chi connectivity index (χ3v) is 2.75. The van der Waals surface area contributed by atoms with Crippen molar-refractivity contribution in [2.45, 2.75) is 32.4 Å². The molecule has 16 heavy (non-hydrogen) atoms. The molecule has 0 radical (unpaired) electrons. The molecule has 1 fully saturated rings. The number of nitrogens with zero attached hydrogens (tertiary/aromatic N) is 1. The maximum absolute atomic E-state index is 12.4. The zero-order valence-corrected chi connectivity index (χ0v) is 9.06. The van der Waals surface area contributed by atoms with E-state index < -0.39 is 11.9 Å². The van der Waals surface area contributed by atoms with Gasteiger partial charge in [-0.15, -0.1) is 0 Å². The van der Waals surface area contributed by atoms with Crippen LogP contribution in [-0.4, -0.2) is 16.8 Å². The monoisotopic (exact) mass is 234 g/mol. The SMILES string of the molecule is CC.FC(F)(F)c1n[nH]c2c1OCC1CC21. The third-order valence-electron chi connectivity index (χ3n) is 2.75. The molecule has 0 saturated heterocycles. The number of hydrogen-bond donors (Lipinski definition) is 1. The van der Waals surface area contributed by atoms with Crippen LogP contribution in [0.15, 0.2) is 0 Å². The lowest BCUT2D eigenvalue weighted by Crippen LogP contribution is -2.12. The van der Waals surface area contributed by atoms with Crippen LogP contribution in [0.3, 0.4) is 0 Å². The van der Waals surface area contributed by atoms with Gasteiger partial charge in [0.05, 0.1) is 12.3 Å². The lowest BCUT2D eigenvalue weighted by molar-refractivity contribution is -0.142. The van der Waals surface area contributed by atoms with E-state index in [2.05, 4.69) is 10.2 Å². The summed E-state index contributed by atoms with van der Waals surface area (Å²) in [6.45, 7) is 4.39. The highest BCUT2D eigenvalue weighted by Crippen LogP contribution is 2.55. The minimum absolute atomic E-state index is 0.0868.